The number of alkyl halides is 2. The third kappa shape index (κ3) is 4.45. The Kier molecular flexibility index (Phi) is 5.49. The van der Waals surface area contributed by atoms with Gasteiger partial charge in [-0.15, -0.1) is 0 Å². The average molecular weight is 422 g/mol. The van der Waals surface area contributed by atoms with Gasteiger partial charge in [0, 0.05) is 11.6 Å². The number of halogens is 2. The number of carbonyl (C=O) groups is 2. The van der Waals surface area contributed by atoms with Crippen molar-refractivity contribution in [3.05, 3.63) is 94.7 Å². The predicted molar refractivity (Wildman–Crippen MR) is 109 cm³/mol. The molecule has 0 saturated heterocycles. The summed E-state index contributed by atoms with van der Waals surface area (Å²) in [6.45, 7) is -1.13. The van der Waals surface area contributed by atoms with Crippen LogP contribution in [0, 0.1) is 6.92 Å². The second kappa shape index (κ2) is 8.39. The highest BCUT2D eigenvalue weighted by Crippen LogP contribution is 2.36. The van der Waals surface area contributed by atoms with Crippen molar-refractivity contribution in [3.8, 4) is 17.2 Å². The summed E-state index contributed by atoms with van der Waals surface area (Å²) < 4.78 is 40.7. The Morgan fingerprint density at radius 1 is 1.03 bits per heavy atom. The number of carbonyl (C=O) groups excluding carboxylic acids is 2. The zero-order chi connectivity index (χ0) is 22.0. The van der Waals surface area contributed by atoms with E-state index >= 15 is 0 Å². The lowest BCUT2D eigenvalue weighted by Crippen LogP contribution is -2.08. The summed E-state index contributed by atoms with van der Waals surface area (Å²) in [7, 11) is 0. The first kappa shape index (κ1) is 20.3. The lowest BCUT2D eigenvalue weighted by Gasteiger charge is -2.08. The molecule has 1 heterocycles. The molecule has 7 heteroatoms. The number of aryl methyl sites for hydroxylation is 1. The Bertz CT molecular complexity index is 1200. The lowest BCUT2D eigenvalue weighted by molar-refractivity contribution is -0.0500. The minimum atomic E-state index is -3.00. The van der Waals surface area contributed by atoms with Crippen LogP contribution in [0.5, 0.6) is 17.2 Å². The number of fused-ring (bicyclic) bond motifs is 1. The van der Waals surface area contributed by atoms with Crippen molar-refractivity contribution in [1.82, 2.24) is 0 Å². The van der Waals surface area contributed by atoms with Crippen molar-refractivity contribution in [3.63, 3.8) is 0 Å². The fourth-order valence-corrected chi connectivity index (χ4v) is 3.11. The smallest absolute Gasteiger partial charge is 0.387 e. The minimum Gasteiger partial charge on any atom is -0.452 e. The van der Waals surface area contributed by atoms with Crippen LogP contribution in [0.2, 0.25) is 0 Å². The highest BCUT2D eigenvalue weighted by molar-refractivity contribution is 6.14. The van der Waals surface area contributed by atoms with E-state index in [1.165, 1.54) is 36.4 Å². The van der Waals surface area contributed by atoms with Crippen LogP contribution in [0.3, 0.4) is 0 Å². The van der Waals surface area contributed by atoms with E-state index in [0.717, 1.165) is 5.56 Å². The van der Waals surface area contributed by atoms with Crippen molar-refractivity contribution >= 4 is 17.8 Å². The Morgan fingerprint density at radius 3 is 2.61 bits per heavy atom. The van der Waals surface area contributed by atoms with E-state index in [4.69, 9.17) is 9.47 Å². The molecule has 0 unspecified atom stereocenters. The number of hydrogen-bond acceptors (Lipinski definition) is 5. The minimum absolute atomic E-state index is 0.0533. The van der Waals surface area contributed by atoms with Gasteiger partial charge in [-0.05, 0) is 43.3 Å². The topological polar surface area (TPSA) is 61.8 Å². The van der Waals surface area contributed by atoms with E-state index in [0.29, 0.717) is 5.56 Å². The summed E-state index contributed by atoms with van der Waals surface area (Å²) in [6.07, 6.45) is 1.33. The summed E-state index contributed by atoms with van der Waals surface area (Å²) in [5, 5.41) is 0. The van der Waals surface area contributed by atoms with Crippen LogP contribution in [-0.4, -0.2) is 18.4 Å². The molecule has 156 valence electrons. The SMILES string of the molecule is Cc1cccc(C(=O)Oc2ccc3c(c2)O/C(=C\c2ccccc2OC(F)F)C3=O)c1. The number of allylic oxidation sites excluding steroid dienone is 1. The van der Waals surface area contributed by atoms with E-state index < -0.39 is 18.4 Å². The summed E-state index contributed by atoms with van der Waals surface area (Å²) in [6, 6.07) is 17.4. The summed E-state index contributed by atoms with van der Waals surface area (Å²) >= 11 is 0. The predicted octanol–water partition coefficient (Wildman–Crippen LogP) is 5.43. The second-order valence-electron chi connectivity index (χ2n) is 6.77. The molecule has 31 heavy (non-hydrogen) atoms. The molecule has 1 aliphatic heterocycles. The van der Waals surface area contributed by atoms with Crippen LogP contribution in [-0.2, 0) is 0 Å². The van der Waals surface area contributed by atoms with E-state index in [9.17, 15) is 18.4 Å². The van der Waals surface area contributed by atoms with E-state index in [1.807, 2.05) is 13.0 Å². The van der Waals surface area contributed by atoms with Crippen LogP contribution in [0.15, 0.2) is 72.5 Å². The van der Waals surface area contributed by atoms with Crippen molar-refractivity contribution in [2.75, 3.05) is 0 Å². The molecule has 0 amide bonds. The van der Waals surface area contributed by atoms with Gasteiger partial charge in [0.2, 0.25) is 5.78 Å². The number of ketones is 1. The number of benzene rings is 3. The Labute approximate surface area is 176 Å². The summed E-state index contributed by atoms with van der Waals surface area (Å²) in [5.74, 6) is -0.674. The van der Waals surface area contributed by atoms with Crippen molar-refractivity contribution in [1.29, 1.82) is 0 Å². The van der Waals surface area contributed by atoms with Gasteiger partial charge in [0.15, 0.2) is 5.76 Å². The fraction of sp³-hybridized carbons (Fsp3) is 0.0833. The number of hydrogen-bond donors (Lipinski definition) is 0. The zero-order valence-corrected chi connectivity index (χ0v) is 16.3. The van der Waals surface area contributed by atoms with E-state index in [-0.39, 0.29) is 34.1 Å². The van der Waals surface area contributed by atoms with Gasteiger partial charge < -0.3 is 14.2 Å². The molecule has 0 N–H and O–H groups in total. The quantitative estimate of drug-likeness (QED) is 0.312. The maximum atomic E-state index is 12.6. The summed E-state index contributed by atoms with van der Waals surface area (Å²) in [5.41, 5.74) is 1.86. The molecule has 0 radical (unpaired) electrons. The Morgan fingerprint density at radius 2 is 1.84 bits per heavy atom. The maximum absolute atomic E-state index is 12.6. The fourth-order valence-electron chi connectivity index (χ4n) is 3.11. The molecule has 3 aromatic carbocycles. The first-order chi connectivity index (χ1) is 14.9. The molecule has 3 aromatic rings. The largest absolute Gasteiger partial charge is 0.452 e. The Balaban J connectivity index is 1.56. The molecular formula is C24H16F2O5. The van der Waals surface area contributed by atoms with E-state index in [2.05, 4.69) is 4.74 Å². The molecular weight excluding hydrogens is 406 g/mol. The van der Waals surface area contributed by atoms with Gasteiger partial charge >= 0.3 is 12.6 Å². The molecule has 0 atom stereocenters. The first-order valence-electron chi connectivity index (χ1n) is 9.32. The monoisotopic (exact) mass is 422 g/mol. The van der Waals surface area contributed by atoms with Crippen LogP contribution < -0.4 is 14.2 Å². The van der Waals surface area contributed by atoms with Crippen molar-refractivity contribution in [2.24, 2.45) is 0 Å². The zero-order valence-electron chi connectivity index (χ0n) is 16.3. The molecule has 0 fully saturated rings. The second-order valence-corrected chi connectivity index (χ2v) is 6.77. The number of ether oxygens (including phenoxy) is 3. The third-order valence-electron chi connectivity index (χ3n) is 4.53. The lowest BCUT2D eigenvalue weighted by atomic mass is 10.1. The highest BCUT2D eigenvalue weighted by Gasteiger charge is 2.28. The molecule has 5 nitrogen and oxygen atoms in total. The van der Waals surface area contributed by atoms with Gasteiger partial charge in [-0.3, -0.25) is 4.79 Å². The van der Waals surface area contributed by atoms with Crippen LogP contribution >= 0.6 is 0 Å². The molecule has 0 bridgehead atoms. The van der Waals surface area contributed by atoms with Crippen molar-refractivity contribution < 1.29 is 32.6 Å². The number of rotatable bonds is 5. The molecule has 0 saturated carbocycles. The van der Waals surface area contributed by atoms with Crippen LogP contribution in [0.4, 0.5) is 8.78 Å². The van der Waals surface area contributed by atoms with E-state index in [1.54, 1.807) is 30.3 Å². The number of para-hydroxylation sites is 1. The average Bonchev–Trinajstić information content (AvgIpc) is 3.04. The number of esters is 1. The van der Waals surface area contributed by atoms with Crippen LogP contribution in [0.25, 0.3) is 6.08 Å². The Hall–Kier alpha value is -4.00. The van der Waals surface area contributed by atoms with Gasteiger partial charge in [-0.25, -0.2) is 4.79 Å². The molecule has 1 aliphatic rings. The van der Waals surface area contributed by atoms with Gasteiger partial charge in [0.05, 0.1) is 11.1 Å². The highest BCUT2D eigenvalue weighted by atomic mass is 19.3. The van der Waals surface area contributed by atoms with Crippen LogP contribution in [0.1, 0.15) is 31.8 Å². The first-order valence-corrected chi connectivity index (χ1v) is 9.32. The maximum Gasteiger partial charge on any atom is 0.387 e. The molecule has 0 aromatic heterocycles. The van der Waals surface area contributed by atoms with Crippen molar-refractivity contribution in [2.45, 2.75) is 13.5 Å². The number of Topliss-reactive ketones (excluding diaryl/α,β-unsaturated/α-hetero) is 1. The molecule has 0 aliphatic carbocycles. The normalized spacial score (nSPS) is 13.8. The molecule has 4 rings (SSSR count). The third-order valence-corrected chi connectivity index (χ3v) is 4.53. The van der Waals surface area contributed by atoms with Gasteiger partial charge in [0.25, 0.3) is 0 Å². The van der Waals surface area contributed by atoms with Gasteiger partial charge in [-0.1, -0.05) is 35.9 Å². The molecule has 0 spiro atoms. The standard InChI is InChI=1S/C24H16F2O5/c1-14-5-4-7-16(11-14)23(28)29-17-9-10-18-20(13-17)30-21(22(18)27)12-15-6-2-3-8-19(15)31-24(25)26/h2-13,24H,1H3/b21-12-. The van der Waals surface area contributed by atoms with Gasteiger partial charge in [0.1, 0.15) is 17.2 Å². The van der Waals surface area contributed by atoms with Gasteiger partial charge in [-0.2, -0.15) is 8.78 Å². The summed E-state index contributed by atoms with van der Waals surface area (Å²) in [4.78, 5) is 25.0.